The number of carbonyl (C=O) groups excluding carboxylic acids is 5. The maximum absolute atomic E-state index is 13.3. The number of hydrogen-bond acceptors (Lipinski definition) is 11. The standard InChI is InChI=1S/C42H59ClN10O7/c1-49(2)34(54)24-51(5)36(56)27-59-32-17-13-29(14-18-32)10-7-21-53(23-9-12-31(26-53)46-42(58)38-40(44)48-41(45)39(43)47-38)22-8-11-30-15-19-33(20-16-30)60-28-37(57)52(6)25-35(55)50(3)4/h13-20,31H,7-12,21-28H2,1-6H3,(H4-,44,45,46,48,58)/p+1/t31-/m0/s1. The third-order valence-electron chi connectivity index (χ3n) is 10.6. The summed E-state index contributed by atoms with van der Waals surface area (Å²) in [6, 6.07) is 15.3. The Labute approximate surface area is 357 Å². The van der Waals surface area contributed by atoms with Gasteiger partial charge in [0.25, 0.3) is 17.7 Å². The van der Waals surface area contributed by atoms with Gasteiger partial charge < -0.3 is 50.3 Å². The number of aryl methyl sites for hydroxylation is 2. The second kappa shape index (κ2) is 22.1. The van der Waals surface area contributed by atoms with Crippen LogP contribution in [0, 0.1) is 0 Å². The van der Waals surface area contributed by atoms with Crippen molar-refractivity contribution in [3.8, 4) is 11.5 Å². The number of halogens is 1. The number of carbonyl (C=O) groups is 5. The van der Waals surface area contributed by atoms with E-state index in [2.05, 4.69) is 15.3 Å². The lowest BCUT2D eigenvalue weighted by Crippen LogP contribution is -2.60. The molecule has 0 saturated carbocycles. The Morgan fingerprint density at radius 2 is 1.18 bits per heavy atom. The van der Waals surface area contributed by atoms with Crippen LogP contribution in [0.15, 0.2) is 48.5 Å². The molecule has 4 rings (SSSR count). The lowest BCUT2D eigenvalue weighted by Gasteiger charge is -2.45. The zero-order valence-electron chi connectivity index (χ0n) is 35.6. The highest BCUT2D eigenvalue weighted by Gasteiger charge is 2.36. The Kier molecular flexibility index (Phi) is 17.3. The molecule has 5 N–H and O–H groups in total. The van der Waals surface area contributed by atoms with Crippen molar-refractivity contribution < 1.29 is 37.9 Å². The summed E-state index contributed by atoms with van der Waals surface area (Å²) in [5.41, 5.74) is 13.9. The molecule has 60 heavy (non-hydrogen) atoms. The van der Waals surface area contributed by atoms with Crippen LogP contribution in [0.1, 0.15) is 47.3 Å². The Hall–Kier alpha value is -5.68. The summed E-state index contributed by atoms with van der Waals surface area (Å²) in [6.45, 7) is 3.10. The molecule has 0 unspecified atom stereocenters. The summed E-state index contributed by atoms with van der Waals surface area (Å²) >= 11 is 6.07. The fourth-order valence-electron chi connectivity index (χ4n) is 6.94. The molecule has 1 atom stereocenters. The van der Waals surface area contributed by atoms with E-state index in [1.54, 1.807) is 42.3 Å². The van der Waals surface area contributed by atoms with Crippen LogP contribution in [0.2, 0.25) is 5.15 Å². The minimum atomic E-state index is -0.442. The molecule has 1 saturated heterocycles. The summed E-state index contributed by atoms with van der Waals surface area (Å²) < 4.78 is 12.2. The molecule has 17 nitrogen and oxygen atoms in total. The molecule has 2 aromatic carbocycles. The number of likely N-dealkylation sites (tertiary alicyclic amines) is 1. The molecular weight excluding hydrogens is 792 g/mol. The SMILES string of the molecule is CN(C)C(=O)CN(C)C(=O)COc1ccc(CCC[N+]2(CCCc3ccc(OCC(=O)N(C)CC(=O)N(C)C)cc3)CCC[C@H](NC(=O)c3nc(Cl)c(N)nc3N)C2)cc1. The topological polar surface area (TPSA) is 207 Å². The van der Waals surface area contributed by atoms with Gasteiger partial charge in [-0.3, -0.25) is 24.0 Å². The number of nitrogens with two attached hydrogens (primary N) is 2. The second-order valence-corrected chi connectivity index (χ2v) is 16.1. The third kappa shape index (κ3) is 14.3. The minimum absolute atomic E-state index is 0.0168. The molecular formula is C42H60ClN10O7+. The van der Waals surface area contributed by atoms with E-state index in [1.165, 1.54) is 19.6 Å². The van der Waals surface area contributed by atoms with Crippen molar-refractivity contribution in [2.75, 3.05) is 106 Å². The van der Waals surface area contributed by atoms with E-state index in [4.69, 9.17) is 32.5 Å². The van der Waals surface area contributed by atoms with Crippen LogP contribution in [-0.2, 0) is 32.0 Å². The summed E-state index contributed by atoms with van der Waals surface area (Å²) in [4.78, 5) is 75.9. The zero-order valence-corrected chi connectivity index (χ0v) is 36.4. The quantitative estimate of drug-likeness (QED) is 0.140. The van der Waals surface area contributed by atoms with Crippen LogP contribution in [-0.4, -0.2) is 164 Å². The van der Waals surface area contributed by atoms with Crippen LogP contribution in [0.25, 0.3) is 0 Å². The summed E-state index contributed by atoms with van der Waals surface area (Å²) in [5, 5.41) is 3.05. The van der Waals surface area contributed by atoms with Crippen LogP contribution in [0.5, 0.6) is 11.5 Å². The van der Waals surface area contributed by atoms with Crippen molar-refractivity contribution in [1.82, 2.24) is 34.9 Å². The molecule has 2 heterocycles. The van der Waals surface area contributed by atoms with E-state index < -0.39 is 5.91 Å². The van der Waals surface area contributed by atoms with Gasteiger partial charge in [-0.1, -0.05) is 35.9 Å². The predicted molar refractivity (Wildman–Crippen MR) is 229 cm³/mol. The number of aromatic nitrogens is 2. The number of nitrogens with one attached hydrogen (secondary N) is 1. The number of benzene rings is 2. The van der Waals surface area contributed by atoms with Gasteiger partial charge in [-0.25, -0.2) is 9.97 Å². The summed E-state index contributed by atoms with van der Waals surface area (Å²) in [5.74, 6) is -0.339. The first-order chi connectivity index (χ1) is 28.4. The van der Waals surface area contributed by atoms with E-state index >= 15 is 0 Å². The lowest BCUT2D eigenvalue weighted by molar-refractivity contribution is -0.933. The molecule has 5 amide bonds. The number of nitrogens with zero attached hydrogens (tertiary/aromatic N) is 7. The number of hydrogen-bond donors (Lipinski definition) is 3. The van der Waals surface area contributed by atoms with Crippen LogP contribution >= 0.6 is 11.6 Å². The van der Waals surface area contributed by atoms with Crippen LogP contribution in [0.4, 0.5) is 11.6 Å². The average molecular weight is 852 g/mol. The van der Waals surface area contributed by atoms with Crippen molar-refractivity contribution in [3.63, 3.8) is 0 Å². The first-order valence-electron chi connectivity index (χ1n) is 20.0. The predicted octanol–water partition coefficient (Wildman–Crippen LogP) is 2.12. The lowest BCUT2D eigenvalue weighted by atomic mass is 9.99. The smallest absolute Gasteiger partial charge is 0.274 e. The number of nitrogen functional groups attached to an aromatic ring is 2. The summed E-state index contributed by atoms with van der Waals surface area (Å²) in [6.07, 6.45) is 5.18. The first kappa shape index (κ1) is 47.0. The number of amides is 5. The number of likely N-dealkylation sites (N-methyl/N-ethyl adjacent to an activating group) is 4. The Morgan fingerprint density at radius 3 is 1.63 bits per heavy atom. The zero-order chi connectivity index (χ0) is 44.0. The van der Waals surface area contributed by atoms with Crippen molar-refractivity contribution in [2.24, 2.45) is 0 Å². The number of ether oxygens (including phenoxy) is 2. The Bertz CT molecular complexity index is 1850. The molecule has 0 bridgehead atoms. The third-order valence-corrected chi connectivity index (χ3v) is 10.9. The number of anilines is 2. The van der Waals surface area contributed by atoms with Crippen molar-refractivity contribution in [1.29, 1.82) is 0 Å². The maximum atomic E-state index is 13.3. The monoisotopic (exact) mass is 851 g/mol. The highest BCUT2D eigenvalue weighted by molar-refractivity contribution is 6.31. The van der Waals surface area contributed by atoms with Crippen molar-refractivity contribution >= 4 is 52.8 Å². The molecule has 3 aromatic rings. The van der Waals surface area contributed by atoms with E-state index in [1.807, 2.05) is 48.5 Å². The van der Waals surface area contributed by atoms with E-state index in [0.29, 0.717) is 11.5 Å². The molecule has 1 fully saturated rings. The largest absolute Gasteiger partial charge is 0.484 e. The molecule has 0 radical (unpaired) electrons. The van der Waals surface area contributed by atoms with Crippen LogP contribution < -0.4 is 26.3 Å². The van der Waals surface area contributed by atoms with Gasteiger partial charge in [-0.15, -0.1) is 0 Å². The van der Waals surface area contributed by atoms with Gasteiger partial charge in [-0.2, -0.15) is 0 Å². The highest BCUT2D eigenvalue weighted by atomic mass is 35.5. The Balaban J connectivity index is 1.36. The van der Waals surface area contributed by atoms with Gasteiger partial charge in [0.1, 0.15) is 11.5 Å². The van der Waals surface area contributed by atoms with E-state index in [9.17, 15) is 24.0 Å². The number of quaternary nitrogens is 1. The maximum Gasteiger partial charge on any atom is 0.274 e. The molecule has 1 aliphatic rings. The molecule has 0 spiro atoms. The normalized spacial score (nSPS) is 14.4. The van der Waals surface area contributed by atoms with Gasteiger partial charge in [0.2, 0.25) is 11.8 Å². The Morgan fingerprint density at radius 1 is 0.717 bits per heavy atom. The van der Waals surface area contributed by atoms with Gasteiger partial charge in [0.15, 0.2) is 35.7 Å². The van der Waals surface area contributed by atoms with E-state index in [-0.39, 0.29) is 78.5 Å². The summed E-state index contributed by atoms with van der Waals surface area (Å²) in [7, 11) is 9.72. The molecule has 1 aromatic heterocycles. The molecule has 1 aliphatic heterocycles. The highest BCUT2D eigenvalue weighted by Crippen LogP contribution is 2.25. The van der Waals surface area contributed by atoms with Gasteiger partial charge in [0, 0.05) is 55.1 Å². The van der Waals surface area contributed by atoms with Crippen molar-refractivity contribution in [2.45, 2.75) is 44.6 Å². The van der Waals surface area contributed by atoms with Gasteiger partial charge >= 0.3 is 0 Å². The van der Waals surface area contributed by atoms with Gasteiger partial charge in [0.05, 0.1) is 45.3 Å². The number of piperidine rings is 1. The first-order valence-corrected chi connectivity index (χ1v) is 20.4. The average Bonchev–Trinajstić information content (AvgIpc) is 3.21. The molecule has 326 valence electrons. The second-order valence-electron chi connectivity index (χ2n) is 15.8. The number of rotatable bonds is 20. The van der Waals surface area contributed by atoms with Gasteiger partial charge in [-0.05, 0) is 61.1 Å². The fourth-order valence-corrected chi connectivity index (χ4v) is 7.07. The fraction of sp³-hybridized carbons (Fsp3) is 0.500. The van der Waals surface area contributed by atoms with E-state index in [0.717, 1.165) is 80.3 Å². The van der Waals surface area contributed by atoms with Crippen molar-refractivity contribution in [3.05, 3.63) is 70.5 Å². The molecule has 0 aliphatic carbocycles. The minimum Gasteiger partial charge on any atom is -0.484 e. The molecule has 18 heteroatoms. The van der Waals surface area contributed by atoms with Crippen LogP contribution in [0.3, 0.4) is 0 Å².